The molecule has 96 valence electrons. The zero-order valence-electron chi connectivity index (χ0n) is 10.3. The van der Waals surface area contributed by atoms with Gasteiger partial charge in [-0.15, -0.1) is 11.6 Å². The molecule has 1 aromatic carbocycles. The van der Waals surface area contributed by atoms with Gasteiger partial charge < -0.3 is 0 Å². The molecule has 0 saturated carbocycles. The number of benzene rings is 1. The molecule has 1 atom stereocenters. The average Bonchev–Trinajstić information content (AvgIpc) is 2.31. The first-order valence-electron chi connectivity index (χ1n) is 6.19. The second-order valence-corrected chi connectivity index (χ2v) is 4.88. The van der Waals surface area contributed by atoms with E-state index in [2.05, 4.69) is 13.8 Å². The van der Waals surface area contributed by atoms with Crippen LogP contribution < -0.4 is 0 Å². The second kappa shape index (κ2) is 6.95. The van der Waals surface area contributed by atoms with E-state index in [1.807, 2.05) is 0 Å². The summed E-state index contributed by atoms with van der Waals surface area (Å²) in [7, 11) is 0. The Kier molecular flexibility index (Phi) is 5.90. The number of rotatable bonds is 6. The van der Waals surface area contributed by atoms with E-state index in [9.17, 15) is 8.78 Å². The molecule has 3 heteroatoms. The molecule has 1 rings (SSSR count). The van der Waals surface area contributed by atoms with Gasteiger partial charge in [0.15, 0.2) is 0 Å². The highest BCUT2D eigenvalue weighted by Crippen LogP contribution is 2.36. The topological polar surface area (TPSA) is 0 Å². The largest absolute Gasteiger partial charge is 0.207 e. The van der Waals surface area contributed by atoms with Crippen molar-refractivity contribution in [2.45, 2.75) is 44.9 Å². The molecule has 0 aliphatic rings. The predicted molar refractivity (Wildman–Crippen MR) is 68.3 cm³/mol. The molecule has 0 aliphatic carbocycles. The highest BCUT2D eigenvalue weighted by molar-refractivity contribution is 6.21. The van der Waals surface area contributed by atoms with Crippen LogP contribution in [0.5, 0.6) is 0 Å². The van der Waals surface area contributed by atoms with E-state index in [1.54, 1.807) is 0 Å². The maximum absolute atomic E-state index is 13.6. The Bertz CT molecular complexity index is 346. The average molecular weight is 261 g/mol. The zero-order valence-corrected chi connectivity index (χ0v) is 11.1. The molecule has 1 aromatic rings. The van der Waals surface area contributed by atoms with Gasteiger partial charge in [-0.05, 0) is 37.0 Å². The maximum Gasteiger partial charge on any atom is 0.128 e. The van der Waals surface area contributed by atoms with Crippen LogP contribution in [0.15, 0.2) is 18.2 Å². The molecule has 0 fully saturated rings. The van der Waals surface area contributed by atoms with Gasteiger partial charge in [-0.3, -0.25) is 0 Å². The van der Waals surface area contributed by atoms with E-state index in [0.29, 0.717) is 5.56 Å². The lowest BCUT2D eigenvalue weighted by Gasteiger charge is -2.22. The molecule has 0 spiro atoms. The van der Waals surface area contributed by atoms with Crippen LogP contribution in [0, 0.1) is 17.6 Å². The van der Waals surface area contributed by atoms with Gasteiger partial charge in [-0.1, -0.05) is 26.7 Å². The van der Waals surface area contributed by atoms with E-state index in [4.69, 9.17) is 11.6 Å². The Balaban J connectivity index is 2.91. The standard InChI is InChI=1S/C14H19ClF2/c1-3-5-10(6-4-2)14(15)12-9-11(16)7-8-13(12)17/h7-10,14H,3-6H2,1-2H3. The van der Waals surface area contributed by atoms with Gasteiger partial charge in [0.25, 0.3) is 0 Å². The fraction of sp³-hybridized carbons (Fsp3) is 0.571. The third-order valence-electron chi connectivity index (χ3n) is 2.99. The Labute approximate surface area is 107 Å². The molecule has 0 aromatic heterocycles. The first kappa shape index (κ1) is 14.4. The Morgan fingerprint density at radius 1 is 1.12 bits per heavy atom. The normalized spacial score (nSPS) is 13.1. The van der Waals surface area contributed by atoms with E-state index in [1.165, 1.54) is 6.07 Å². The van der Waals surface area contributed by atoms with Gasteiger partial charge in [0, 0.05) is 5.56 Å². The number of halogens is 3. The van der Waals surface area contributed by atoms with Gasteiger partial charge in [0.1, 0.15) is 11.6 Å². The lowest BCUT2D eigenvalue weighted by atomic mass is 9.90. The molecule has 0 bridgehead atoms. The monoisotopic (exact) mass is 260 g/mol. The van der Waals surface area contributed by atoms with Crippen LogP contribution in [0.4, 0.5) is 8.78 Å². The quantitative estimate of drug-likeness (QED) is 0.596. The van der Waals surface area contributed by atoms with Crippen molar-refractivity contribution in [1.29, 1.82) is 0 Å². The predicted octanol–water partition coefficient (Wildman–Crippen LogP) is 5.46. The van der Waals surface area contributed by atoms with Crippen LogP contribution in [0.25, 0.3) is 0 Å². The van der Waals surface area contributed by atoms with Crippen LogP contribution in [0.1, 0.15) is 50.5 Å². The van der Waals surface area contributed by atoms with Crippen molar-refractivity contribution in [1.82, 2.24) is 0 Å². The highest BCUT2D eigenvalue weighted by Gasteiger charge is 2.22. The van der Waals surface area contributed by atoms with Crippen molar-refractivity contribution < 1.29 is 8.78 Å². The summed E-state index contributed by atoms with van der Waals surface area (Å²) in [5.74, 6) is -0.634. The summed E-state index contributed by atoms with van der Waals surface area (Å²) in [4.78, 5) is 0. The van der Waals surface area contributed by atoms with E-state index >= 15 is 0 Å². The van der Waals surface area contributed by atoms with Crippen LogP contribution >= 0.6 is 11.6 Å². The lowest BCUT2D eigenvalue weighted by Crippen LogP contribution is -2.10. The summed E-state index contributed by atoms with van der Waals surface area (Å²) in [6.07, 6.45) is 3.89. The molecule has 0 saturated heterocycles. The van der Waals surface area contributed by atoms with E-state index < -0.39 is 17.0 Å². The minimum Gasteiger partial charge on any atom is -0.207 e. The summed E-state index contributed by atoms with van der Waals surface area (Å²) >= 11 is 6.30. The molecule has 0 heterocycles. The zero-order chi connectivity index (χ0) is 12.8. The minimum absolute atomic E-state index is 0.211. The van der Waals surface area contributed by atoms with Crippen molar-refractivity contribution in [2.24, 2.45) is 5.92 Å². The molecule has 1 unspecified atom stereocenters. The number of hydrogen-bond donors (Lipinski definition) is 0. The second-order valence-electron chi connectivity index (χ2n) is 4.41. The van der Waals surface area contributed by atoms with Gasteiger partial charge in [-0.2, -0.15) is 0 Å². The number of hydrogen-bond acceptors (Lipinski definition) is 0. The van der Waals surface area contributed by atoms with Gasteiger partial charge in [-0.25, -0.2) is 8.78 Å². The van der Waals surface area contributed by atoms with Crippen LogP contribution in [-0.4, -0.2) is 0 Å². The lowest BCUT2D eigenvalue weighted by molar-refractivity contribution is 0.416. The molecule has 0 radical (unpaired) electrons. The SMILES string of the molecule is CCCC(CCC)C(Cl)c1cc(F)ccc1F. The van der Waals surface area contributed by atoms with Crippen molar-refractivity contribution in [2.75, 3.05) is 0 Å². The molecule has 0 nitrogen and oxygen atoms in total. The molecule has 0 amide bonds. The Morgan fingerprint density at radius 2 is 1.71 bits per heavy atom. The van der Waals surface area contributed by atoms with Gasteiger partial charge in [0.2, 0.25) is 0 Å². The molecule has 0 N–H and O–H groups in total. The van der Waals surface area contributed by atoms with Crippen molar-refractivity contribution in [3.05, 3.63) is 35.4 Å². The fourth-order valence-corrected chi connectivity index (χ4v) is 2.58. The summed E-state index contributed by atoms with van der Waals surface area (Å²) in [5.41, 5.74) is 0.290. The smallest absolute Gasteiger partial charge is 0.128 e. The fourth-order valence-electron chi connectivity index (χ4n) is 2.16. The van der Waals surface area contributed by atoms with E-state index in [0.717, 1.165) is 37.8 Å². The van der Waals surface area contributed by atoms with Crippen LogP contribution in [-0.2, 0) is 0 Å². The molecular weight excluding hydrogens is 242 g/mol. The van der Waals surface area contributed by atoms with Crippen LogP contribution in [0.2, 0.25) is 0 Å². The Morgan fingerprint density at radius 3 is 2.24 bits per heavy atom. The highest BCUT2D eigenvalue weighted by atomic mass is 35.5. The maximum atomic E-state index is 13.6. The molecular formula is C14H19ClF2. The molecule has 17 heavy (non-hydrogen) atoms. The van der Waals surface area contributed by atoms with Gasteiger partial charge >= 0.3 is 0 Å². The third kappa shape index (κ3) is 3.95. The third-order valence-corrected chi connectivity index (χ3v) is 3.58. The number of alkyl halides is 1. The summed E-state index contributed by atoms with van der Waals surface area (Å²) < 4.78 is 26.7. The van der Waals surface area contributed by atoms with Crippen molar-refractivity contribution in [3.8, 4) is 0 Å². The summed E-state index contributed by atoms with van der Waals surface area (Å²) in [6.45, 7) is 4.16. The first-order valence-corrected chi connectivity index (χ1v) is 6.62. The first-order chi connectivity index (χ1) is 8.10. The summed E-state index contributed by atoms with van der Waals surface area (Å²) in [5, 5.41) is -0.439. The van der Waals surface area contributed by atoms with E-state index in [-0.39, 0.29) is 5.92 Å². The van der Waals surface area contributed by atoms with Gasteiger partial charge in [0.05, 0.1) is 5.38 Å². The van der Waals surface area contributed by atoms with Crippen molar-refractivity contribution >= 4 is 11.6 Å². The summed E-state index contributed by atoms with van der Waals surface area (Å²) in [6, 6.07) is 3.48. The molecule has 0 aliphatic heterocycles. The van der Waals surface area contributed by atoms with Crippen LogP contribution in [0.3, 0.4) is 0 Å². The van der Waals surface area contributed by atoms with Crippen molar-refractivity contribution in [3.63, 3.8) is 0 Å². The Hall–Kier alpha value is -0.630. The minimum atomic E-state index is -0.439.